The highest BCUT2D eigenvalue weighted by atomic mass is 16.4. The van der Waals surface area contributed by atoms with Crippen molar-refractivity contribution >= 4 is 11.8 Å². The van der Waals surface area contributed by atoms with Gasteiger partial charge in [-0.05, 0) is 24.8 Å². The molecule has 0 aromatic carbocycles. The molecular formula is C10H14O4. The van der Waals surface area contributed by atoms with Gasteiger partial charge in [-0.1, -0.05) is 13.8 Å². The van der Waals surface area contributed by atoms with Crippen LogP contribution in [0.15, 0.2) is 11.3 Å². The number of carbonyl (C=O) groups is 2. The summed E-state index contributed by atoms with van der Waals surface area (Å²) in [5.74, 6) is -2.11. The van der Waals surface area contributed by atoms with Crippen molar-refractivity contribution in [3.63, 3.8) is 0 Å². The molecule has 0 amide bonds. The molecule has 1 unspecified atom stereocenters. The van der Waals surface area contributed by atoms with E-state index in [-0.39, 0.29) is 18.6 Å². The number of carboxylic acids is 1. The predicted octanol–water partition coefficient (Wildman–Crippen LogP) is 1.66. The van der Waals surface area contributed by atoms with Gasteiger partial charge in [0, 0.05) is 0 Å². The van der Waals surface area contributed by atoms with Gasteiger partial charge in [-0.15, -0.1) is 0 Å². The maximum absolute atomic E-state index is 11.6. The molecule has 0 heterocycles. The van der Waals surface area contributed by atoms with Crippen LogP contribution in [0.25, 0.3) is 0 Å². The summed E-state index contributed by atoms with van der Waals surface area (Å²) < 4.78 is 0. The van der Waals surface area contributed by atoms with Gasteiger partial charge in [0.05, 0.1) is 0 Å². The molecule has 0 saturated heterocycles. The Morgan fingerprint density at radius 2 is 2.07 bits per heavy atom. The molecule has 0 radical (unpaired) electrons. The number of aliphatic carboxylic acids is 1. The number of hydrogen-bond donors (Lipinski definition) is 2. The SMILES string of the molecule is CCC1=C(O)C(=O)C(CC)(C(=O)O)C1. The highest BCUT2D eigenvalue weighted by Crippen LogP contribution is 2.41. The van der Waals surface area contributed by atoms with E-state index < -0.39 is 17.2 Å². The predicted molar refractivity (Wildman–Crippen MR) is 49.9 cm³/mol. The zero-order valence-corrected chi connectivity index (χ0v) is 8.33. The maximum atomic E-state index is 11.6. The average Bonchev–Trinajstić information content (AvgIpc) is 2.42. The second kappa shape index (κ2) is 3.44. The van der Waals surface area contributed by atoms with Crippen LogP contribution in [0, 0.1) is 5.41 Å². The van der Waals surface area contributed by atoms with Crippen LogP contribution in [0.1, 0.15) is 33.1 Å². The maximum Gasteiger partial charge on any atom is 0.318 e. The van der Waals surface area contributed by atoms with Crippen LogP contribution in [0.3, 0.4) is 0 Å². The summed E-state index contributed by atoms with van der Waals surface area (Å²) >= 11 is 0. The zero-order chi connectivity index (χ0) is 10.9. The third-order valence-electron chi connectivity index (χ3n) is 2.94. The molecule has 1 rings (SSSR count). The normalized spacial score (nSPS) is 27.1. The first-order valence-corrected chi connectivity index (χ1v) is 4.68. The minimum Gasteiger partial charge on any atom is -0.504 e. The summed E-state index contributed by atoms with van der Waals surface area (Å²) in [6.07, 6.45) is 0.890. The lowest BCUT2D eigenvalue weighted by molar-refractivity contribution is -0.153. The topological polar surface area (TPSA) is 74.6 Å². The van der Waals surface area contributed by atoms with Gasteiger partial charge in [0.2, 0.25) is 5.78 Å². The summed E-state index contributed by atoms with van der Waals surface area (Å²) in [5, 5.41) is 18.4. The lowest BCUT2D eigenvalue weighted by Crippen LogP contribution is -2.36. The Morgan fingerprint density at radius 1 is 1.50 bits per heavy atom. The van der Waals surface area contributed by atoms with Crippen LogP contribution < -0.4 is 0 Å². The highest BCUT2D eigenvalue weighted by molar-refractivity contribution is 6.13. The summed E-state index contributed by atoms with van der Waals surface area (Å²) in [6, 6.07) is 0. The van der Waals surface area contributed by atoms with E-state index in [2.05, 4.69) is 0 Å². The van der Waals surface area contributed by atoms with Gasteiger partial charge in [-0.3, -0.25) is 9.59 Å². The van der Waals surface area contributed by atoms with Gasteiger partial charge in [-0.2, -0.15) is 0 Å². The van der Waals surface area contributed by atoms with E-state index in [0.29, 0.717) is 12.0 Å². The van der Waals surface area contributed by atoms with Crippen molar-refractivity contribution in [1.82, 2.24) is 0 Å². The van der Waals surface area contributed by atoms with Crippen molar-refractivity contribution in [2.24, 2.45) is 5.41 Å². The van der Waals surface area contributed by atoms with Crippen molar-refractivity contribution in [3.8, 4) is 0 Å². The fourth-order valence-corrected chi connectivity index (χ4v) is 1.82. The first-order chi connectivity index (χ1) is 6.49. The molecule has 0 fully saturated rings. The van der Waals surface area contributed by atoms with E-state index in [4.69, 9.17) is 5.11 Å². The van der Waals surface area contributed by atoms with E-state index in [1.165, 1.54) is 0 Å². The minimum absolute atomic E-state index is 0.153. The molecule has 4 heteroatoms. The first-order valence-electron chi connectivity index (χ1n) is 4.68. The van der Waals surface area contributed by atoms with Gasteiger partial charge >= 0.3 is 5.97 Å². The van der Waals surface area contributed by atoms with Crippen molar-refractivity contribution in [3.05, 3.63) is 11.3 Å². The van der Waals surface area contributed by atoms with Crippen LogP contribution in [-0.4, -0.2) is 22.0 Å². The fraction of sp³-hybridized carbons (Fsp3) is 0.600. The monoisotopic (exact) mass is 198 g/mol. The van der Waals surface area contributed by atoms with E-state index in [1.807, 2.05) is 0 Å². The smallest absolute Gasteiger partial charge is 0.318 e. The molecule has 0 bridgehead atoms. The third kappa shape index (κ3) is 1.22. The molecule has 0 aromatic heterocycles. The third-order valence-corrected chi connectivity index (χ3v) is 2.94. The minimum atomic E-state index is -1.41. The van der Waals surface area contributed by atoms with E-state index in [9.17, 15) is 14.7 Å². The van der Waals surface area contributed by atoms with Crippen LogP contribution in [0.2, 0.25) is 0 Å². The molecule has 1 atom stereocenters. The fourth-order valence-electron chi connectivity index (χ4n) is 1.82. The zero-order valence-electron chi connectivity index (χ0n) is 8.33. The molecule has 0 aromatic rings. The first kappa shape index (κ1) is 10.8. The Bertz CT molecular complexity index is 316. The number of carbonyl (C=O) groups excluding carboxylic acids is 1. The second-order valence-corrected chi connectivity index (χ2v) is 3.55. The van der Waals surface area contributed by atoms with Gasteiger partial charge in [0.25, 0.3) is 0 Å². The van der Waals surface area contributed by atoms with Crippen molar-refractivity contribution in [1.29, 1.82) is 0 Å². The van der Waals surface area contributed by atoms with Crippen LogP contribution >= 0.6 is 0 Å². The Hall–Kier alpha value is -1.32. The number of Topliss-reactive ketones (excluding diaryl/α,β-unsaturated/α-hetero) is 1. The molecule has 0 aliphatic heterocycles. The second-order valence-electron chi connectivity index (χ2n) is 3.55. The number of allylic oxidation sites excluding steroid dienone is 2. The van der Waals surface area contributed by atoms with Gasteiger partial charge in [0.1, 0.15) is 5.41 Å². The summed E-state index contributed by atoms with van der Waals surface area (Å²) in [6.45, 7) is 3.45. The number of rotatable bonds is 3. The summed E-state index contributed by atoms with van der Waals surface area (Å²) in [5.41, 5.74) is -0.852. The molecule has 1 aliphatic carbocycles. The lowest BCUT2D eigenvalue weighted by Gasteiger charge is -2.19. The van der Waals surface area contributed by atoms with Gasteiger partial charge in [-0.25, -0.2) is 0 Å². The highest BCUT2D eigenvalue weighted by Gasteiger charge is 2.51. The summed E-state index contributed by atoms with van der Waals surface area (Å²) in [4.78, 5) is 22.6. The van der Waals surface area contributed by atoms with Gasteiger partial charge in [0.15, 0.2) is 5.76 Å². The van der Waals surface area contributed by atoms with Crippen LogP contribution in [0.4, 0.5) is 0 Å². The Kier molecular flexibility index (Phi) is 2.64. The number of hydrogen-bond acceptors (Lipinski definition) is 3. The van der Waals surface area contributed by atoms with Crippen molar-refractivity contribution < 1.29 is 19.8 Å². The summed E-state index contributed by atoms with van der Waals surface area (Å²) in [7, 11) is 0. The van der Waals surface area contributed by atoms with E-state index in [1.54, 1.807) is 13.8 Å². The standard InChI is InChI=1S/C10H14O4/c1-3-6-5-10(4-2,9(13)14)8(12)7(6)11/h11H,3-5H2,1-2H3,(H,13,14). The molecule has 1 aliphatic rings. The number of ketones is 1. The molecule has 0 saturated carbocycles. The number of carboxylic acid groups (broad SMARTS) is 1. The van der Waals surface area contributed by atoms with Crippen molar-refractivity contribution in [2.45, 2.75) is 33.1 Å². The Labute approximate surface area is 82.2 Å². The van der Waals surface area contributed by atoms with Crippen LogP contribution in [0.5, 0.6) is 0 Å². The molecule has 14 heavy (non-hydrogen) atoms. The molecule has 78 valence electrons. The van der Waals surface area contributed by atoms with E-state index in [0.717, 1.165) is 0 Å². The van der Waals surface area contributed by atoms with Gasteiger partial charge < -0.3 is 10.2 Å². The van der Waals surface area contributed by atoms with Crippen LogP contribution in [-0.2, 0) is 9.59 Å². The molecular weight excluding hydrogens is 184 g/mol. The molecule has 0 spiro atoms. The number of aliphatic hydroxyl groups is 1. The molecule has 4 nitrogen and oxygen atoms in total. The average molecular weight is 198 g/mol. The quantitative estimate of drug-likeness (QED) is 0.676. The molecule has 2 N–H and O–H groups in total. The number of aliphatic hydroxyl groups excluding tert-OH is 1. The largest absolute Gasteiger partial charge is 0.504 e. The lowest BCUT2D eigenvalue weighted by atomic mass is 9.80. The Morgan fingerprint density at radius 3 is 2.29 bits per heavy atom. The Balaban J connectivity index is 3.11. The van der Waals surface area contributed by atoms with E-state index >= 15 is 0 Å². The van der Waals surface area contributed by atoms with Crippen molar-refractivity contribution in [2.75, 3.05) is 0 Å².